The number of piperidine rings is 1. The van der Waals surface area contributed by atoms with Crippen molar-refractivity contribution >= 4 is 0 Å². The Morgan fingerprint density at radius 1 is 1.19 bits per heavy atom. The van der Waals surface area contributed by atoms with E-state index in [2.05, 4.69) is 22.4 Å². The first-order valence-corrected chi connectivity index (χ1v) is 9.81. The minimum atomic E-state index is -0.249. The summed E-state index contributed by atoms with van der Waals surface area (Å²) in [5, 5.41) is 7.49. The number of rotatable bonds is 9. The second-order valence-electron chi connectivity index (χ2n) is 7.46. The third-order valence-corrected chi connectivity index (χ3v) is 5.17. The van der Waals surface area contributed by atoms with Crippen molar-refractivity contribution in [1.82, 2.24) is 15.4 Å². The van der Waals surface area contributed by atoms with Crippen molar-refractivity contribution in [2.45, 2.75) is 38.5 Å². The zero-order valence-corrected chi connectivity index (χ0v) is 15.7. The van der Waals surface area contributed by atoms with Crippen LogP contribution >= 0.6 is 0 Å². The van der Waals surface area contributed by atoms with Gasteiger partial charge in [0.25, 0.3) is 0 Å². The van der Waals surface area contributed by atoms with Gasteiger partial charge in [-0.05, 0) is 70.4 Å². The Balaban J connectivity index is 1.32. The molecule has 2 aromatic rings. The van der Waals surface area contributed by atoms with Crippen LogP contribution in [0.4, 0.5) is 4.39 Å². The van der Waals surface area contributed by atoms with E-state index in [-0.39, 0.29) is 5.82 Å². The van der Waals surface area contributed by atoms with Gasteiger partial charge < -0.3 is 14.7 Å². The smallest absolute Gasteiger partial charge is 0.137 e. The maximum absolute atomic E-state index is 13.3. The molecule has 1 fully saturated rings. The van der Waals surface area contributed by atoms with Crippen LogP contribution < -0.4 is 5.32 Å². The molecule has 0 aliphatic carbocycles. The number of nitrogens with zero attached hydrogens (tertiary/aromatic N) is 2. The van der Waals surface area contributed by atoms with Crippen LogP contribution in [0.25, 0.3) is 11.3 Å². The molecule has 2 heterocycles. The summed E-state index contributed by atoms with van der Waals surface area (Å²) in [4.78, 5) is 2.48. The Morgan fingerprint density at radius 2 is 2.04 bits per heavy atom. The molecule has 0 amide bonds. The van der Waals surface area contributed by atoms with Gasteiger partial charge in [-0.3, -0.25) is 0 Å². The van der Waals surface area contributed by atoms with E-state index in [9.17, 15) is 4.39 Å². The predicted molar refractivity (Wildman–Crippen MR) is 103 cm³/mol. The third kappa shape index (κ3) is 5.92. The molecule has 26 heavy (non-hydrogen) atoms. The molecule has 142 valence electrons. The average molecular weight is 359 g/mol. The average Bonchev–Trinajstić information content (AvgIpc) is 3.11. The highest BCUT2D eigenvalue weighted by molar-refractivity contribution is 5.58. The van der Waals surface area contributed by atoms with Crippen molar-refractivity contribution in [2.24, 2.45) is 5.92 Å². The number of hydrogen-bond donors (Lipinski definition) is 1. The van der Waals surface area contributed by atoms with Crippen LogP contribution in [0.5, 0.6) is 0 Å². The highest BCUT2D eigenvalue weighted by atomic mass is 19.1. The summed E-state index contributed by atoms with van der Waals surface area (Å²) in [6, 6.07) is 8.40. The predicted octanol–water partition coefficient (Wildman–Crippen LogP) is 4.12. The molecule has 0 radical (unpaired) electrons. The Morgan fingerprint density at radius 3 is 2.85 bits per heavy atom. The molecule has 1 aromatic heterocycles. The molecule has 0 atom stereocenters. The van der Waals surface area contributed by atoms with Crippen LogP contribution in [0.2, 0.25) is 0 Å². The summed E-state index contributed by atoms with van der Waals surface area (Å²) < 4.78 is 18.7. The SMILES string of the molecule is CN(CCCCCc1cc(-c2cccc(F)c2)no1)CC1CCNCC1. The first kappa shape index (κ1) is 19.1. The molecule has 1 aromatic carbocycles. The van der Waals surface area contributed by atoms with Crippen molar-refractivity contribution < 1.29 is 8.91 Å². The maximum Gasteiger partial charge on any atom is 0.137 e. The molecule has 1 aliphatic heterocycles. The van der Waals surface area contributed by atoms with Gasteiger partial charge in [-0.1, -0.05) is 23.7 Å². The van der Waals surface area contributed by atoms with Gasteiger partial charge in [0.2, 0.25) is 0 Å². The summed E-state index contributed by atoms with van der Waals surface area (Å²) in [5.74, 6) is 1.49. The summed E-state index contributed by atoms with van der Waals surface area (Å²) in [7, 11) is 2.24. The monoisotopic (exact) mass is 359 g/mol. The molecule has 1 N–H and O–H groups in total. The van der Waals surface area contributed by atoms with Crippen molar-refractivity contribution in [3.05, 3.63) is 41.9 Å². The van der Waals surface area contributed by atoms with Gasteiger partial charge in [0.15, 0.2) is 0 Å². The number of halogens is 1. The minimum Gasteiger partial charge on any atom is -0.361 e. The molecule has 3 rings (SSSR count). The first-order valence-electron chi connectivity index (χ1n) is 9.81. The molecule has 1 aliphatic rings. The van der Waals surface area contributed by atoms with Crippen LogP contribution in [0.1, 0.15) is 37.9 Å². The lowest BCUT2D eigenvalue weighted by molar-refractivity contribution is 0.236. The zero-order chi connectivity index (χ0) is 18.2. The lowest BCUT2D eigenvalue weighted by Gasteiger charge is -2.27. The van der Waals surface area contributed by atoms with E-state index in [1.165, 1.54) is 57.5 Å². The fourth-order valence-electron chi connectivity index (χ4n) is 3.67. The van der Waals surface area contributed by atoms with E-state index >= 15 is 0 Å². The molecule has 0 unspecified atom stereocenters. The normalized spacial score (nSPS) is 15.7. The maximum atomic E-state index is 13.3. The number of unbranched alkanes of at least 4 members (excludes halogenated alkanes) is 2. The molecule has 0 spiro atoms. The Labute approximate surface area is 155 Å². The number of aryl methyl sites for hydroxylation is 1. The van der Waals surface area contributed by atoms with Crippen molar-refractivity contribution in [2.75, 3.05) is 33.2 Å². The topological polar surface area (TPSA) is 41.3 Å². The lowest BCUT2D eigenvalue weighted by atomic mass is 9.97. The minimum absolute atomic E-state index is 0.249. The molecule has 5 heteroatoms. The van der Waals surface area contributed by atoms with Gasteiger partial charge in [-0.2, -0.15) is 0 Å². The van der Waals surface area contributed by atoms with E-state index in [4.69, 9.17) is 4.52 Å². The number of benzene rings is 1. The second kappa shape index (κ2) is 9.83. The highest BCUT2D eigenvalue weighted by Crippen LogP contribution is 2.21. The summed E-state index contributed by atoms with van der Waals surface area (Å²) in [5.41, 5.74) is 1.47. The van der Waals surface area contributed by atoms with Gasteiger partial charge in [0.05, 0.1) is 0 Å². The van der Waals surface area contributed by atoms with Crippen LogP contribution in [0, 0.1) is 11.7 Å². The standard InChI is InChI=1S/C21H30FN3O/c1-25(16-17-9-11-23-12-10-17)13-4-2-3-8-20-15-21(24-26-20)18-6-5-7-19(22)14-18/h5-7,14-15,17,23H,2-4,8-13,16H2,1H3. The van der Waals surface area contributed by atoms with Gasteiger partial charge in [0, 0.05) is 24.6 Å². The van der Waals surface area contributed by atoms with Crippen LogP contribution in [-0.4, -0.2) is 43.3 Å². The van der Waals surface area contributed by atoms with E-state index < -0.39 is 0 Å². The van der Waals surface area contributed by atoms with Crippen LogP contribution in [0.15, 0.2) is 34.9 Å². The van der Waals surface area contributed by atoms with E-state index in [0.717, 1.165) is 36.6 Å². The largest absolute Gasteiger partial charge is 0.361 e. The van der Waals surface area contributed by atoms with E-state index in [0.29, 0.717) is 5.69 Å². The molecule has 0 saturated carbocycles. The van der Waals surface area contributed by atoms with E-state index in [1.54, 1.807) is 6.07 Å². The fraction of sp³-hybridized carbons (Fsp3) is 0.571. The van der Waals surface area contributed by atoms with Crippen LogP contribution in [0.3, 0.4) is 0 Å². The van der Waals surface area contributed by atoms with Gasteiger partial charge in [0.1, 0.15) is 17.3 Å². The molecule has 0 bridgehead atoms. The number of aromatic nitrogens is 1. The van der Waals surface area contributed by atoms with Crippen molar-refractivity contribution in [1.29, 1.82) is 0 Å². The summed E-state index contributed by atoms with van der Waals surface area (Å²) >= 11 is 0. The Kier molecular flexibility index (Phi) is 7.21. The molecule has 4 nitrogen and oxygen atoms in total. The zero-order valence-electron chi connectivity index (χ0n) is 15.7. The highest BCUT2D eigenvalue weighted by Gasteiger charge is 2.14. The fourth-order valence-corrected chi connectivity index (χ4v) is 3.67. The molecular weight excluding hydrogens is 329 g/mol. The first-order chi connectivity index (χ1) is 12.7. The van der Waals surface area contributed by atoms with Crippen LogP contribution in [-0.2, 0) is 6.42 Å². The summed E-state index contributed by atoms with van der Waals surface area (Å²) in [6.45, 7) is 4.73. The van der Waals surface area contributed by atoms with Crippen molar-refractivity contribution in [3.63, 3.8) is 0 Å². The van der Waals surface area contributed by atoms with Gasteiger partial charge in [-0.15, -0.1) is 0 Å². The Bertz CT molecular complexity index is 667. The third-order valence-electron chi connectivity index (χ3n) is 5.17. The van der Waals surface area contributed by atoms with Gasteiger partial charge in [-0.25, -0.2) is 4.39 Å². The molecule has 1 saturated heterocycles. The number of nitrogens with one attached hydrogen (secondary N) is 1. The molecular formula is C21H30FN3O. The second-order valence-corrected chi connectivity index (χ2v) is 7.46. The van der Waals surface area contributed by atoms with Crippen molar-refractivity contribution in [3.8, 4) is 11.3 Å². The van der Waals surface area contributed by atoms with Gasteiger partial charge >= 0.3 is 0 Å². The quantitative estimate of drug-likeness (QED) is 0.684. The summed E-state index contributed by atoms with van der Waals surface area (Å²) in [6.07, 6.45) is 7.01. The number of hydrogen-bond acceptors (Lipinski definition) is 4. The van der Waals surface area contributed by atoms with E-state index in [1.807, 2.05) is 12.1 Å². The lowest BCUT2D eigenvalue weighted by Crippen LogP contribution is -2.34. The Hall–Kier alpha value is -1.72.